The van der Waals surface area contributed by atoms with Crippen LogP contribution in [0.2, 0.25) is 0 Å². The van der Waals surface area contributed by atoms with Crippen molar-refractivity contribution in [2.45, 2.75) is 66.1 Å². The average molecular weight is 546 g/mol. The molecule has 10 heteroatoms. The zero-order valence-electron chi connectivity index (χ0n) is 23.2. The zero-order valence-corrected chi connectivity index (χ0v) is 23.2. The number of halogens is 3. The summed E-state index contributed by atoms with van der Waals surface area (Å²) in [6.07, 6.45) is -1.54. The van der Waals surface area contributed by atoms with Crippen molar-refractivity contribution in [3.05, 3.63) is 53.4 Å². The summed E-state index contributed by atoms with van der Waals surface area (Å²) in [6, 6.07) is 6.19. The Kier molecular flexibility index (Phi) is 9.15. The van der Waals surface area contributed by atoms with Crippen LogP contribution in [0.1, 0.15) is 57.4 Å². The van der Waals surface area contributed by atoms with Crippen LogP contribution in [-0.4, -0.2) is 51.1 Å². The van der Waals surface area contributed by atoms with Crippen LogP contribution in [0, 0.1) is 11.8 Å². The first kappa shape index (κ1) is 28.9. The van der Waals surface area contributed by atoms with Gasteiger partial charge < -0.3 is 14.2 Å². The van der Waals surface area contributed by atoms with Crippen molar-refractivity contribution in [1.82, 2.24) is 24.8 Å². The van der Waals surface area contributed by atoms with E-state index in [9.17, 15) is 13.2 Å². The molecule has 0 unspecified atom stereocenters. The lowest BCUT2D eigenvalue weighted by Crippen LogP contribution is -2.36. The number of hydrogen-bond acceptors (Lipinski definition) is 6. The summed E-state index contributed by atoms with van der Waals surface area (Å²) in [5.41, 5.74) is 1.42. The Labute approximate surface area is 228 Å². The van der Waals surface area contributed by atoms with E-state index in [1.54, 1.807) is 6.07 Å². The molecule has 3 aromatic rings. The van der Waals surface area contributed by atoms with E-state index in [0.717, 1.165) is 49.9 Å². The number of hydrogen-bond donors (Lipinski definition) is 0. The molecule has 0 saturated carbocycles. The lowest BCUT2D eigenvalue weighted by atomic mass is 9.94. The third-order valence-corrected chi connectivity index (χ3v) is 7.17. The van der Waals surface area contributed by atoms with Crippen LogP contribution in [0.3, 0.4) is 0 Å². The highest BCUT2D eigenvalue weighted by Gasteiger charge is 2.34. The second kappa shape index (κ2) is 12.4. The lowest BCUT2D eigenvalue weighted by Gasteiger charge is -2.32. The van der Waals surface area contributed by atoms with Gasteiger partial charge in [-0.15, -0.1) is 0 Å². The van der Waals surface area contributed by atoms with Crippen LogP contribution >= 0.6 is 0 Å². The van der Waals surface area contributed by atoms with Gasteiger partial charge in [-0.2, -0.15) is 23.3 Å². The molecule has 1 saturated heterocycles. The van der Waals surface area contributed by atoms with E-state index in [1.165, 1.54) is 6.07 Å². The number of ether oxygens (including phenoxy) is 1. The maximum absolute atomic E-state index is 14.1. The summed E-state index contributed by atoms with van der Waals surface area (Å²) in [7, 11) is 0. The minimum absolute atomic E-state index is 0.107. The van der Waals surface area contributed by atoms with Crippen LogP contribution in [0.25, 0.3) is 23.0 Å². The number of aryl methyl sites for hydroxylation is 1. The number of alkyl halides is 3. The predicted molar refractivity (Wildman–Crippen MR) is 144 cm³/mol. The molecule has 1 aromatic carbocycles. The van der Waals surface area contributed by atoms with Crippen LogP contribution < -0.4 is 0 Å². The lowest BCUT2D eigenvalue weighted by molar-refractivity contribution is -0.138. The van der Waals surface area contributed by atoms with Crippen molar-refractivity contribution in [1.29, 1.82) is 0 Å². The first-order valence-corrected chi connectivity index (χ1v) is 13.7. The highest BCUT2D eigenvalue weighted by Crippen LogP contribution is 2.35. The Morgan fingerprint density at radius 2 is 1.92 bits per heavy atom. The van der Waals surface area contributed by atoms with Gasteiger partial charge in [0.1, 0.15) is 0 Å². The number of rotatable bonds is 11. The van der Waals surface area contributed by atoms with Gasteiger partial charge in [0, 0.05) is 30.3 Å². The summed E-state index contributed by atoms with van der Waals surface area (Å²) in [5, 5.41) is 8.51. The van der Waals surface area contributed by atoms with Crippen molar-refractivity contribution in [3.63, 3.8) is 0 Å². The van der Waals surface area contributed by atoms with Gasteiger partial charge in [0.15, 0.2) is 5.69 Å². The Bertz CT molecular complexity index is 1260. The molecule has 1 fully saturated rings. The second-order valence-electron chi connectivity index (χ2n) is 10.5. The van der Waals surface area contributed by atoms with Gasteiger partial charge in [-0.1, -0.05) is 37.7 Å². The smallest absolute Gasteiger partial charge is 0.416 e. The van der Waals surface area contributed by atoms with Crippen molar-refractivity contribution >= 4 is 0 Å². The Hall–Kier alpha value is -3.14. The Morgan fingerprint density at radius 1 is 1.18 bits per heavy atom. The Balaban J connectivity index is 1.47. The molecule has 0 N–H and O–H groups in total. The van der Waals surface area contributed by atoms with Crippen LogP contribution in [0.4, 0.5) is 13.2 Å². The molecule has 0 atom stereocenters. The molecule has 3 heterocycles. The summed E-state index contributed by atoms with van der Waals surface area (Å²) in [6.45, 7) is 15.7. The normalized spacial score (nSPS) is 15.3. The monoisotopic (exact) mass is 545 g/mol. The summed E-state index contributed by atoms with van der Waals surface area (Å²) >= 11 is 0. The molecule has 39 heavy (non-hydrogen) atoms. The van der Waals surface area contributed by atoms with Crippen LogP contribution in [0.15, 0.2) is 41.1 Å². The zero-order chi connectivity index (χ0) is 28.2. The molecule has 2 aromatic heterocycles. The number of likely N-dealkylation sites (tertiary alicyclic amines) is 1. The van der Waals surface area contributed by atoms with Gasteiger partial charge in [-0.25, -0.2) is 0 Å². The summed E-state index contributed by atoms with van der Waals surface area (Å²) in [4.78, 5) is 6.59. The highest BCUT2D eigenvalue weighted by molar-refractivity contribution is 5.60. The van der Waals surface area contributed by atoms with E-state index < -0.39 is 11.7 Å². The first-order valence-electron chi connectivity index (χ1n) is 13.7. The van der Waals surface area contributed by atoms with E-state index in [1.807, 2.05) is 24.6 Å². The number of piperidine rings is 1. The number of nitrogens with zero attached hydrogens (tertiary/aromatic N) is 5. The maximum atomic E-state index is 14.1. The van der Waals surface area contributed by atoms with Gasteiger partial charge in [0.25, 0.3) is 5.89 Å². The molecule has 1 aliphatic heterocycles. The predicted octanol–water partition coefficient (Wildman–Crippen LogP) is 6.64. The fourth-order valence-corrected chi connectivity index (χ4v) is 5.12. The summed E-state index contributed by atoms with van der Waals surface area (Å²) < 4.78 is 55.0. The van der Waals surface area contributed by atoms with E-state index >= 15 is 0 Å². The van der Waals surface area contributed by atoms with Crippen LogP contribution in [0.5, 0.6) is 0 Å². The minimum Gasteiger partial charge on any atom is -0.499 e. The molecule has 0 spiro atoms. The number of aromatic nitrogens is 4. The fraction of sp³-hybridized carbons (Fsp3) is 0.552. The minimum atomic E-state index is -4.49. The van der Waals surface area contributed by atoms with Crippen molar-refractivity contribution in [2.24, 2.45) is 11.8 Å². The average Bonchev–Trinajstić information content (AvgIpc) is 3.54. The molecular formula is C29H38F3N5O2. The molecule has 212 valence electrons. The van der Waals surface area contributed by atoms with Gasteiger partial charge in [0.05, 0.1) is 17.9 Å². The Morgan fingerprint density at radius 3 is 2.56 bits per heavy atom. The third-order valence-electron chi connectivity index (χ3n) is 7.17. The molecule has 7 nitrogen and oxygen atoms in total. The third kappa shape index (κ3) is 7.09. The topological polar surface area (TPSA) is 69.2 Å². The van der Waals surface area contributed by atoms with Crippen molar-refractivity contribution in [2.75, 3.05) is 26.2 Å². The van der Waals surface area contributed by atoms with E-state index in [4.69, 9.17) is 9.26 Å². The molecule has 4 rings (SSSR count). The first-order chi connectivity index (χ1) is 18.6. The molecule has 0 amide bonds. The highest BCUT2D eigenvalue weighted by atomic mass is 19.4. The van der Waals surface area contributed by atoms with Gasteiger partial charge >= 0.3 is 6.18 Å². The number of benzene rings is 1. The number of allylic oxidation sites excluding steroid dienone is 1. The van der Waals surface area contributed by atoms with Gasteiger partial charge in [-0.3, -0.25) is 4.68 Å². The fourth-order valence-electron chi connectivity index (χ4n) is 5.12. The molecule has 0 aliphatic carbocycles. The maximum Gasteiger partial charge on any atom is 0.416 e. The quantitative estimate of drug-likeness (QED) is 0.252. The van der Waals surface area contributed by atoms with Gasteiger partial charge in [0.2, 0.25) is 5.82 Å². The van der Waals surface area contributed by atoms with Crippen LogP contribution in [-0.2, 0) is 30.3 Å². The molecule has 0 radical (unpaired) electrons. The summed E-state index contributed by atoms with van der Waals surface area (Å²) in [5.74, 6) is 1.87. The molecule has 0 bridgehead atoms. The molecular weight excluding hydrogens is 507 g/mol. The van der Waals surface area contributed by atoms with Crippen molar-refractivity contribution < 1.29 is 22.4 Å². The molecule has 1 aliphatic rings. The van der Waals surface area contributed by atoms with E-state index in [0.29, 0.717) is 43.6 Å². The van der Waals surface area contributed by atoms with Gasteiger partial charge in [-0.05, 0) is 76.2 Å². The second-order valence-corrected chi connectivity index (χ2v) is 10.5. The van der Waals surface area contributed by atoms with E-state index in [-0.39, 0.29) is 22.8 Å². The standard InChI is InChI=1S/C29H38F3N5O2/c1-6-37-24(16-19(3)4)18-26(34-37)28-33-27(35-39-28)23-9-8-22(25(17-23)29(30,31)32)12-15-36-13-10-21(11-14-36)20(5)38-7-2/h8-9,17-19,21H,5-7,10-16H2,1-4H3. The van der Waals surface area contributed by atoms with Crippen molar-refractivity contribution in [3.8, 4) is 23.0 Å². The largest absolute Gasteiger partial charge is 0.499 e. The van der Waals surface area contributed by atoms with E-state index in [2.05, 4.69) is 40.6 Å². The SMILES string of the molecule is C=C(OCC)C1CCN(CCc2ccc(-c3noc(-c4cc(CC(C)C)n(CC)n4)n3)cc2C(F)(F)F)CC1.